The van der Waals surface area contributed by atoms with Crippen molar-refractivity contribution in [1.82, 2.24) is 0 Å². The third-order valence-electron chi connectivity index (χ3n) is 0.348. The smallest absolute Gasteiger partial charge is 0.302 e. The Labute approximate surface area is 59.5 Å². The molecule has 0 radical (unpaired) electrons. The second-order valence-corrected chi connectivity index (χ2v) is 1.06. The number of ether oxygens (including phenoxy) is 1. The van der Waals surface area contributed by atoms with E-state index in [1.165, 1.54) is 6.92 Å². The monoisotopic (exact) mass is 151 g/mol. The molecule has 0 unspecified atom stereocenters. The fourth-order valence-electron chi connectivity index (χ4n) is 0.203. The predicted octanol–water partition coefficient (Wildman–Crippen LogP) is -1.15. The molecule has 5 nitrogen and oxygen atoms in total. The molecule has 0 saturated heterocycles. The van der Waals surface area contributed by atoms with Crippen LogP contribution in [0.25, 0.3) is 0 Å². The van der Waals surface area contributed by atoms with Gasteiger partial charge in [-0.3, -0.25) is 9.59 Å². The molecular weight excluding hydrogens is 138 g/mol. The Bertz CT molecular complexity index is 83.7. The van der Waals surface area contributed by atoms with Crippen molar-refractivity contribution in [2.24, 2.45) is 5.73 Å². The minimum absolute atomic E-state index is 0. The van der Waals surface area contributed by atoms with Gasteiger partial charge in [-0.25, -0.2) is 0 Å². The van der Waals surface area contributed by atoms with E-state index in [-0.39, 0.29) is 17.9 Å². The number of nitrogens with two attached hydrogens (primary N) is 1. The molecule has 0 heterocycles. The van der Waals surface area contributed by atoms with Crippen molar-refractivity contribution in [3.8, 4) is 0 Å². The van der Waals surface area contributed by atoms with Crippen LogP contribution in [0.15, 0.2) is 0 Å². The summed E-state index contributed by atoms with van der Waals surface area (Å²) in [4.78, 5) is 18.4. The minimum atomic E-state index is -0.211. The molecule has 0 saturated carbocycles. The van der Waals surface area contributed by atoms with Crippen molar-refractivity contribution in [1.29, 1.82) is 0 Å². The number of carbonyl (C=O) groups is 2. The molecule has 0 aliphatic carbocycles. The molecule has 1 amide bonds. The number of rotatable bonds is 1. The average molecular weight is 151 g/mol. The van der Waals surface area contributed by atoms with Crippen LogP contribution < -0.4 is 5.73 Å². The second-order valence-electron chi connectivity index (χ2n) is 1.06. The Morgan fingerprint density at radius 3 is 2.00 bits per heavy atom. The molecule has 0 spiro atoms. The molecule has 10 heavy (non-hydrogen) atoms. The van der Waals surface area contributed by atoms with Gasteiger partial charge in [0.05, 0.1) is 6.61 Å². The van der Waals surface area contributed by atoms with Crippen LogP contribution in [-0.2, 0) is 14.3 Å². The first-order valence-electron chi connectivity index (χ1n) is 2.47. The zero-order chi connectivity index (χ0) is 7.70. The summed E-state index contributed by atoms with van der Waals surface area (Å²) in [5.74, 6) is -0.211. The largest absolute Gasteiger partial charge is 0.466 e. The summed E-state index contributed by atoms with van der Waals surface area (Å²) in [6.45, 7) is 3.65. The maximum Gasteiger partial charge on any atom is 0.302 e. The second kappa shape index (κ2) is 15.7. The molecule has 0 aliphatic heterocycles. The summed E-state index contributed by atoms with van der Waals surface area (Å²) < 4.78 is 4.40. The molecule has 5 heteroatoms. The van der Waals surface area contributed by atoms with Gasteiger partial charge in [0, 0.05) is 6.92 Å². The lowest BCUT2D eigenvalue weighted by molar-refractivity contribution is -0.140. The van der Waals surface area contributed by atoms with Gasteiger partial charge in [0.15, 0.2) is 0 Å². The highest BCUT2D eigenvalue weighted by molar-refractivity contribution is 5.65. The van der Waals surface area contributed by atoms with Gasteiger partial charge in [0.1, 0.15) is 0 Å². The van der Waals surface area contributed by atoms with E-state index < -0.39 is 0 Å². The van der Waals surface area contributed by atoms with Gasteiger partial charge in [0.25, 0.3) is 0 Å². The zero-order valence-electron chi connectivity index (χ0n) is 6.09. The summed E-state index contributed by atoms with van der Waals surface area (Å²) >= 11 is 0. The molecular formula is C5H13NO4. The van der Waals surface area contributed by atoms with E-state index in [4.69, 9.17) is 4.79 Å². The third kappa shape index (κ3) is 66.5. The molecule has 62 valence electrons. The standard InChI is InChI=1S/C4H8O2.CH3NO.H2O/c1-3-6-4(2)5;2-1-3;/h3H2,1-2H3;1H,(H2,2,3);1H2. The first kappa shape index (κ1) is 16.0. The Morgan fingerprint density at radius 2 is 2.00 bits per heavy atom. The topological polar surface area (TPSA) is 101 Å². The van der Waals surface area contributed by atoms with Crippen LogP contribution in [0.3, 0.4) is 0 Å². The molecule has 0 fully saturated rings. The van der Waals surface area contributed by atoms with Gasteiger partial charge in [-0.15, -0.1) is 0 Å². The minimum Gasteiger partial charge on any atom is -0.466 e. The quantitative estimate of drug-likeness (QED) is 0.378. The lowest BCUT2D eigenvalue weighted by atomic mass is 10.8. The van der Waals surface area contributed by atoms with Crippen LogP contribution in [0.2, 0.25) is 0 Å². The molecule has 0 aromatic carbocycles. The van der Waals surface area contributed by atoms with Crippen LogP contribution in [0, 0.1) is 0 Å². The van der Waals surface area contributed by atoms with Crippen molar-refractivity contribution >= 4 is 12.4 Å². The molecule has 0 atom stereocenters. The van der Waals surface area contributed by atoms with E-state index in [0.717, 1.165) is 0 Å². The van der Waals surface area contributed by atoms with Crippen LogP contribution in [-0.4, -0.2) is 24.5 Å². The summed E-state index contributed by atoms with van der Waals surface area (Å²) in [5, 5.41) is 0. The van der Waals surface area contributed by atoms with Gasteiger partial charge in [0.2, 0.25) is 6.41 Å². The molecule has 4 N–H and O–H groups in total. The van der Waals surface area contributed by atoms with E-state index in [2.05, 4.69) is 10.5 Å². The molecule has 0 aliphatic rings. The fraction of sp³-hybridized carbons (Fsp3) is 0.600. The Balaban J connectivity index is -0.000000107. The van der Waals surface area contributed by atoms with Crippen LogP contribution in [0.4, 0.5) is 0 Å². The van der Waals surface area contributed by atoms with Gasteiger partial charge < -0.3 is 15.9 Å². The first-order chi connectivity index (χ1) is 4.18. The van der Waals surface area contributed by atoms with Crippen LogP contribution >= 0.6 is 0 Å². The van der Waals surface area contributed by atoms with E-state index in [1.54, 1.807) is 6.92 Å². The lowest BCUT2D eigenvalue weighted by Crippen LogP contribution is -1.95. The average Bonchev–Trinajstić information content (AvgIpc) is 1.67. The van der Waals surface area contributed by atoms with Crippen LogP contribution in [0.1, 0.15) is 13.8 Å². The first-order valence-corrected chi connectivity index (χ1v) is 2.47. The summed E-state index contributed by atoms with van der Waals surface area (Å²) in [6, 6.07) is 0. The van der Waals surface area contributed by atoms with Crippen molar-refractivity contribution < 1.29 is 19.8 Å². The zero-order valence-corrected chi connectivity index (χ0v) is 6.09. The Morgan fingerprint density at radius 1 is 1.70 bits per heavy atom. The summed E-state index contributed by atoms with van der Waals surface area (Å²) in [7, 11) is 0. The number of amides is 1. The molecule has 0 bridgehead atoms. The van der Waals surface area contributed by atoms with Gasteiger partial charge >= 0.3 is 5.97 Å². The van der Waals surface area contributed by atoms with E-state index in [1.807, 2.05) is 0 Å². The van der Waals surface area contributed by atoms with E-state index in [0.29, 0.717) is 6.61 Å². The van der Waals surface area contributed by atoms with Gasteiger partial charge in [-0.1, -0.05) is 0 Å². The van der Waals surface area contributed by atoms with Gasteiger partial charge in [-0.05, 0) is 6.92 Å². The third-order valence-corrected chi connectivity index (χ3v) is 0.348. The van der Waals surface area contributed by atoms with E-state index >= 15 is 0 Å². The maximum atomic E-state index is 9.82. The number of hydrogen-bond donors (Lipinski definition) is 1. The highest BCUT2D eigenvalue weighted by Gasteiger charge is 1.81. The number of carbonyl (C=O) groups excluding carboxylic acids is 2. The highest BCUT2D eigenvalue weighted by atomic mass is 16.5. The molecule has 0 aromatic rings. The van der Waals surface area contributed by atoms with Crippen molar-refractivity contribution in [3.63, 3.8) is 0 Å². The Hall–Kier alpha value is -1.10. The summed E-state index contributed by atoms with van der Waals surface area (Å²) in [5.41, 5.74) is 4.17. The van der Waals surface area contributed by atoms with Crippen molar-refractivity contribution in [2.75, 3.05) is 6.61 Å². The predicted molar refractivity (Wildman–Crippen MR) is 36.2 cm³/mol. The van der Waals surface area contributed by atoms with Crippen molar-refractivity contribution in [3.05, 3.63) is 0 Å². The SMILES string of the molecule is CCOC(C)=O.NC=O.O. The molecule has 0 rings (SSSR count). The van der Waals surface area contributed by atoms with E-state index in [9.17, 15) is 4.79 Å². The normalized spacial score (nSPS) is 5.80. The number of esters is 1. The van der Waals surface area contributed by atoms with Gasteiger partial charge in [-0.2, -0.15) is 0 Å². The summed E-state index contributed by atoms with van der Waals surface area (Å²) in [6.07, 6.45) is 0.250. The highest BCUT2D eigenvalue weighted by Crippen LogP contribution is 1.69. The maximum absolute atomic E-state index is 9.82. The number of hydrogen-bond acceptors (Lipinski definition) is 3. The molecule has 0 aromatic heterocycles. The van der Waals surface area contributed by atoms with Crippen LogP contribution in [0.5, 0.6) is 0 Å². The number of primary amides is 1. The fourth-order valence-corrected chi connectivity index (χ4v) is 0.203. The lowest BCUT2D eigenvalue weighted by Gasteiger charge is -1.89. The Kier molecular flexibility index (Phi) is 25.0. The van der Waals surface area contributed by atoms with Crippen molar-refractivity contribution in [2.45, 2.75) is 13.8 Å².